The van der Waals surface area contributed by atoms with Crippen LogP contribution in [0.3, 0.4) is 0 Å². The molecule has 0 saturated heterocycles. The van der Waals surface area contributed by atoms with Gasteiger partial charge >= 0.3 is 11.9 Å². The first kappa shape index (κ1) is 22.8. The van der Waals surface area contributed by atoms with Crippen molar-refractivity contribution < 1.29 is 36.0 Å². The molecular weight excluding hydrogens is 270 g/mol. The van der Waals surface area contributed by atoms with Crippen molar-refractivity contribution >= 4 is 11.9 Å². The predicted octanol–water partition coefficient (Wildman–Crippen LogP) is -1.84. The van der Waals surface area contributed by atoms with E-state index in [1.807, 2.05) is 21.1 Å². The van der Waals surface area contributed by atoms with Gasteiger partial charge in [0.2, 0.25) is 0 Å². The van der Waals surface area contributed by atoms with Crippen LogP contribution in [0.5, 0.6) is 0 Å². The Balaban J connectivity index is -0.000000280. The van der Waals surface area contributed by atoms with Gasteiger partial charge in [-0.25, -0.2) is 9.59 Å². The first-order chi connectivity index (χ1) is 8.14. The number of halogens is 1. The minimum atomic E-state index is -0.349. The highest BCUT2D eigenvalue weighted by Crippen LogP contribution is 1.89. The van der Waals surface area contributed by atoms with Crippen molar-refractivity contribution in [2.24, 2.45) is 0 Å². The molecule has 19 heavy (non-hydrogen) atoms. The maximum atomic E-state index is 10.6. The van der Waals surface area contributed by atoms with E-state index in [9.17, 15) is 9.59 Å². The van der Waals surface area contributed by atoms with Crippen molar-refractivity contribution in [1.82, 2.24) is 0 Å². The van der Waals surface area contributed by atoms with Gasteiger partial charge in [0.15, 0.2) is 0 Å². The van der Waals surface area contributed by atoms with Crippen molar-refractivity contribution in [2.45, 2.75) is 6.92 Å². The third-order valence-corrected chi connectivity index (χ3v) is 1.71. The summed E-state index contributed by atoms with van der Waals surface area (Å²) in [5, 5.41) is 0. The smallest absolute Gasteiger partial charge is 0.332 e. The summed E-state index contributed by atoms with van der Waals surface area (Å²) < 4.78 is 9.86. The Hall–Kier alpha value is -1.33. The molecule has 0 rings (SSSR count). The monoisotopic (exact) mass is 293 g/mol. The zero-order valence-corrected chi connectivity index (χ0v) is 13.1. The summed E-state index contributed by atoms with van der Waals surface area (Å²) in [7, 11) is 7.46. The van der Waals surface area contributed by atoms with Gasteiger partial charge in [0.1, 0.15) is 13.2 Å². The Kier molecular flexibility index (Phi) is 14.1. The van der Waals surface area contributed by atoms with Gasteiger partial charge in [-0.1, -0.05) is 13.2 Å². The molecule has 0 aliphatic heterocycles. The molecule has 0 unspecified atom stereocenters. The quantitative estimate of drug-likeness (QED) is 0.340. The van der Waals surface area contributed by atoms with Gasteiger partial charge in [-0.15, -0.1) is 0 Å². The lowest BCUT2D eigenvalue weighted by Crippen LogP contribution is -3.00. The molecule has 6 heteroatoms. The van der Waals surface area contributed by atoms with Crippen molar-refractivity contribution in [3.05, 3.63) is 24.8 Å². The number of ether oxygens (including phenoxy) is 2. The zero-order valence-electron chi connectivity index (χ0n) is 12.4. The summed E-state index contributed by atoms with van der Waals surface area (Å²) in [5.41, 5.74) is 0.433. The number of rotatable bonds is 5. The lowest BCUT2D eigenvalue weighted by Gasteiger charge is -2.23. The Labute approximate surface area is 121 Å². The minimum Gasteiger partial charge on any atom is -1.00 e. The second-order valence-electron chi connectivity index (χ2n) is 4.66. The lowest BCUT2D eigenvalue weighted by molar-refractivity contribution is -0.870. The van der Waals surface area contributed by atoms with Gasteiger partial charge in [0, 0.05) is 11.6 Å². The van der Waals surface area contributed by atoms with E-state index in [4.69, 9.17) is 4.74 Å². The first-order valence-corrected chi connectivity index (χ1v) is 5.47. The van der Waals surface area contributed by atoms with Gasteiger partial charge in [-0.05, 0) is 6.92 Å². The van der Waals surface area contributed by atoms with Gasteiger partial charge in [0.05, 0.1) is 28.3 Å². The van der Waals surface area contributed by atoms with Crippen LogP contribution in [0.25, 0.3) is 0 Å². The van der Waals surface area contributed by atoms with Crippen LogP contribution in [0.15, 0.2) is 24.8 Å². The summed E-state index contributed by atoms with van der Waals surface area (Å²) in [6.45, 7) is 9.52. The van der Waals surface area contributed by atoms with Crippen LogP contribution in [0.2, 0.25) is 0 Å². The number of likely N-dealkylation sites (N-methyl/N-ethyl adjacent to an activating group) is 1. The molecule has 112 valence electrons. The van der Waals surface area contributed by atoms with Crippen LogP contribution in [-0.4, -0.2) is 57.8 Å². The number of nitrogens with zero attached hydrogens (tertiary/aromatic N) is 1. The van der Waals surface area contributed by atoms with Crippen LogP contribution >= 0.6 is 0 Å². The van der Waals surface area contributed by atoms with Crippen LogP contribution in [0, 0.1) is 0 Å². The maximum Gasteiger partial charge on any atom is 0.332 e. The molecule has 0 aliphatic rings. The maximum absolute atomic E-state index is 10.6. The largest absolute Gasteiger partial charge is 1.00 e. The first-order valence-electron chi connectivity index (χ1n) is 5.47. The van der Waals surface area contributed by atoms with E-state index in [1.54, 1.807) is 6.92 Å². The molecule has 5 nitrogen and oxygen atoms in total. The molecular formula is C13H24ClNO4. The molecule has 0 aromatic carbocycles. The average Bonchev–Trinajstić information content (AvgIpc) is 2.26. The molecule has 0 heterocycles. The molecule has 0 amide bonds. The molecule has 0 spiro atoms. The molecule has 0 saturated carbocycles. The highest BCUT2D eigenvalue weighted by atomic mass is 35.5. The Morgan fingerprint density at radius 2 is 1.74 bits per heavy atom. The normalized spacial score (nSPS) is 9.11. The van der Waals surface area contributed by atoms with E-state index in [0.29, 0.717) is 12.2 Å². The molecule has 0 bridgehead atoms. The zero-order chi connectivity index (χ0) is 14.8. The molecule has 0 aliphatic carbocycles. The minimum absolute atomic E-state index is 0. The number of carbonyl (C=O) groups is 2. The predicted molar refractivity (Wildman–Crippen MR) is 70.9 cm³/mol. The summed E-state index contributed by atoms with van der Waals surface area (Å²) in [4.78, 5) is 20.7. The van der Waals surface area contributed by atoms with Gasteiger partial charge in [-0.2, -0.15) is 0 Å². The second kappa shape index (κ2) is 11.7. The number of hydrogen-bond donors (Lipinski definition) is 0. The lowest BCUT2D eigenvalue weighted by atomic mass is 10.4. The fraction of sp³-hybridized carbons (Fsp3) is 0.538. The Morgan fingerprint density at radius 1 is 1.26 bits per heavy atom. The fourth-order valence-corrected chi connectivity index (χ4v) is 0.653. The molecule has 0 aromatic rings. The Morgan fingerprint density at radius 3 is 1.95 bits per heavy atom. The van der Waals surface area contributed by atoms with Crippen LogP contribution in [0.4, 0.5) is 0 Å². The fourth-order valence-electron chi connectivity index (χ4n) is 0.653. The van der Waals surface area contributed by atoms with E-state index < -0.39 is 0 Å². The third-order valence-electron chi connectivity index (χ3n) is 1.71. The van der Waals surface area contributed by atoms with Crippen LogP contribution in [0.1, 0.15) is 6.92 Å². The number of esters is 2. The van der Waals surface area contributed by atoms with Gasteiger partial charge < -0.3 is 26.4 Å². The number of quaternary nitrogens is 1. The number of hydrogen-bond acceptors (Lipinski definition) is 4. The molecule has 0 aromatic heterocycles. The third kappa shape index (κ3) is 19.2. The highest BCUT2D eigenvalue weighted by molar-refractivity contribution is 5.86. The molecule has 0 fully saturated rings. The van der Waals surface area contributed by atoms with Crippen LogP contribution < -0.4 is 12.4 Å². The molecule has 0 radical (unpaired) electrons. The average molecular weight is 294 g/mol. The summed E-state index contributed by atoms with van der Waals surface area (Å²) in [6.07, 6.45) is 1.18. The molecule has 0 N–H and O–H groups in total. The van der Waals surface area contributed by atoms with Gasteiger partial charge in [0.25, 0.3) is 0 Å². The SMILES string of the molecule is C=C(C)C(=O)OC.C=CC(=O)OCC[N+](C)(C)C.[Cl-]. The molecule has 0 atom stereocenters. The summed E-state index contributed by atoms with van der Waals surface area (Å²) in [5.74, 6) is -0.696. The van der Waals surface area contributed by atoms with E-state index in [0.717, 1.165) is 11.0 Å². The van der Waals surface area contributed by atoms with Crippen LogP contribution in [-0.2, 0) is 19.1 Å². The number of methoxy groups -OCH3 is 1. The van der Waals surface area contributed by atoms with E-state index in [-0.39, 0.29) is 24.3 Å². The van der Waals surface area contributed by atoms with Crippen molar-refractivity contribution in [3.63, 3.8) is 0 Å². The summed E-state index contributed by atoms with van der Waals surface area (Å²) >= 11 is 0. The second-order valence-corrected chi connectivity index (χ2v) is 4.66. The van der Waals surface area contributed by atoms with Crippen molar-refractivity contribution in [1.29, 1.82) is 0 Å². The standard InChI is InChI=1S/C8H16NO2.C5H8O2.ClH/c1-5-8(10)11-7-6-9(2,3)4;1-4(2)5(6)7-3;/h5H,1,6-7H2,2-4H3;1H2,2-3H3;1H/q+1;;/p-1. The van der Waals surface area contributed by atoms with E-state index in [1.165, 1.54) is 13.2 Å². The highest BCUT2D eigenvalue weighted by Gasteiger charge is 2.06. The summed E-state index contributed by atoms with van der Waals surface area (Å²) in [6, 6.07) is 0. The topological polar surface area (TPSA) is 52.6 Å². The number of carbonyl (C=O) groups excluding carboxylic acids is 2. The van der Waals surface area contributed by atoms with Crippen molar-refractivity contribution in [3.8, 4) is 0 Å². The Bertz CT molecular complexity index is 308. The van der Waals surface area contributed by atoms with E-state index >= 15 is 0 Å². The van der Waals surface area contributed by atoms with E-state index in [2.05, 4.69) is 17.9 Å². The van der Waals surface area contributed by atoms with Crippen molar-refractivity contribution in [2.75, 3.05) is 41.4 Å². The van der Waals surface area contributed by atoms with Gasteiger partial charge in [-0.3, -0.25) is 0 Å².